The molecule has 2 saturated heterocycles. The summed E-state index contributed by atoms with van der Waals surface area (Å²) in [6.07, 6.45) is -4.80. The number of aliphatic hydroxyl groups is 1. The fourth-order valence-electron chi connectivity index (χ4n) is 3.87. The Kier molecular flexibility index (Phi) is 6.38. The number of benzene rings is 1. The number of fused-ring (bicyclic) bond motifs is 1. The van der Waals surface area contributed by atoms with Crippen LogP contribution in [0.5, 0.6) is 0 Å². The Morgan fingerprint density at radius 1 is 1.32 bits per heavy atom. The number of halogens is 4. The van der Waals surface area contributed by atoms with Crippen molar-refractivity contribution in [2.45, 2.75) is 36.8 Å². The van der Waals surface area contributed by atoms with Gasteiger partial charge in [-0.25, -0.2) is 4.39 Å². The van der Waals surface area contributed by atoms with Gasteiger partial charge >= 0.3 is 6.18 Å². The molecule has 2 fully saturated rings. The third-order valence-corrected chi connectivity index (χ3v) is 6.72. The van der Waals surface area contributed by atoms with Crippen LogP contribution in [0.25, 0.3) is 10.1 Å². The molecule has 11 heteroatoms. The maximum absolute atomic E-state index is 14.0. The summed E-state index contributed by atoms with van der Waals surface area (Å²) in [5.74, 6) is 0. The van der Waals surface area contributed by atoms with E-state index in [1.807, 2.05) is 0 Å². The van der Waals surface area contributed by atoms with E-state index in [0.717, 1.165) is 11.3 Å². The summed E-state index contributed by atoms with van der Waals surface area (Å²) in [5.41, 5.74) is -0.331. The van der Waals surface area contributed by atoms with Crippen molar-refractivity contribution in [2.24, 2.45) is 5.16 Å². The zero-order chi connectivity index (χ0) is 22.1. The highest BCUT2D eigenvalue weighted by Crippen LogP contribution is 2.39. The second-order valence-corrected chi connectivity index (χ2v) is 9.06. The molecule has 4 N–H and O–H groups in total. The summed E-state index contributed by atoms with van der Waals surface area (Å²) >= 11 is 1.15. The predicted octanol–water partition coefficient (Wildman–Crippen LogP) is 2.80. The lowest BCUT2D eigenvalue weighted by molar-refractivity contribution is -0.126. The molecule has 170 valence electrons. The van der Waals surface area contributed by atoms with E-state index in [1.54, 1.807) is 18.2 Å². The van der Waals surface area contributed by atoms with Crippen LogP contribution in [-0.4, -0.2) is 68.1 Å². The van der Waals surface area contributed by atoms with Gasteiger partial charge in [0.2, 0.25) is 0 Å². The van der Waals surface area contributed by atoms with Gasteiger partial charge in [0.1, 0.15) is 18.4 Å². The van der Waals surface area contributed by atoms with Crippen molar-refractivity contribution in [3.05, 3.63) is 28.6 Å². The van der Waals surface area contributed by atoms with E-state index in [1.165, 1.54) is 6.21 Å². The number of anilines is 1. The van der Waals surface area contributed by atoms with Gasteiger partial charge < -0.3 is 25.9 Å². The van der Waals surface area contributed by atoms with Gasteiger partial charge in [-0.2, -0.15) is 13.2 Å². The highest BCUT2D eigenvalue weighted by molar-refractivity contribution is 7.21. The normalized spacial score (nSPS) is 26.9. The molecule has 31 heavy (non-hydrogen) atoms. The van der Waals surface area contributed by atoms with Crippen LogP contribution in [0, 0.1) is 0 Å². The van der Waals surface area contributed by atoms with Crippen molar-refractivity contribution in [2.75, 3.05) is 38.1 Å². The Morgan fingerprint density at radius 2 is 2.16 bits per heavy atom. The number of hydrogen-bond acceptors (Lipinski definition) is 7. The molecule has 2 aromatic rings. The lowest BCUT2D eigenvalue weighted by Gasteiger charge is -2.18. The number of rotatable bonds is 7. The number of hydrogen-bond donors (Lipinski definition) is 4. The molecule has 3 heterocycles. The van der Waals surface area contributed by atoms with Gasteiger partial charge in [0.15, 0.2) is 0 Å². The molecule has 2 aliphatic heterocycles. The SMILES string of the molecule is OC1(CO/N=C/c2sc3c(N[C@@H]4CNC[C@@H]4F)cccc3c2CC(F)(F)F)CCNC1. The number of nitrogens with one attached hydrogen (secondary N) is 3. The molecule has 1 aromatic carbocycles. The quantitative estimate of drug-likeness (QED) is 0.291. The second-order valence-electron chi connectivity index (χ2n) is 8.00. The third-order valence-electron chi connectivity index (χ3n) is 5.51. The van der Waals surface area contributed by atoms with Gasteiger partial charge in [-0.15, -0.1) is 11.3 Å². The minimum absolute atomic E-state index is 0.0463. The molecule has 0 bridgehead atoms. The van der Waals surface area contributed by atoms with Crippen LogP contribution in [0.1, 0.15) is 16.9 Å². The molecule has 2 aliphatic rings. The molecule has 0 aliphatic carbocycles. The first-order valence-corrected chi connectivity index (χ1v) is 10.9. The number of nitrogens with zero attached hydrogens (tertiary/aromatic N) is 1. The van der Waals surface area contributed by atoms with E-state index in [4.69, 9.17) is 4.84 Å². The Morgan fingerprint density at radius 3 is 2.84 bits per heavy atom. The summed E-state index contributed by atoms with van der Waals surface area (Å²) < 4.78 is 54.4. The molecule has 0 saturated carbocycles. The van der Waals surface area contributed by atoms with Crippen molar-refractivity contribution in [3.8, 4) is 0 Å². The second kappa shape index (κ2) is 8.89. The Balaban J connectivity index is 1.60. The van der Waals surface area contributed by atoms with E-state index in [0.29, 0.717) is 46.7 Å². The summed E-state index contributed by atoms with van der Waals surface area (Å²) in [5, 5.41) is 23.6. The molecule has 1 unspecified atom stereocenters. The average molecular weight is 460 g/mol. The highest BCUT2D eigenvalue weighted by atomic mass is 32.1. The van der Waals surface area contributed by atoms with Gasteiger partial charge in [-0.05, 0) is 30.0 Å². The lowest BCUT2D eigenvalue weighted by atomic mass is 10.1. The average Bonchev–Trinajstić information content (AvgIpc) is 3.40. The van der Waals surface area contributed by atoms with Crippen molar-refractivity contribution < 1.29 is 27.5 Å². The van der Waals surface area contributed by atoms with E-state index in [2.05, 4.69) is 21.1 Å². The number of alkyl halides is 4. The molecule has 6 nitrogen and oxygen atoms in total. The van der Waals surface area contributed by atoms with E-state index in [9.17, 15) is 22.7 Å². The fourth-order valence-corrected chi connectivity index (χ4v) is 5.03. The zero-order valence-electron chi connectivity index (χ0n) is 16.6. The molecular weight excluding hydrogens is 436 g/mol. The van der Waals surface area contributed by atoms with Gasteiger partial charge in [0.05, 0.1) is 33.9 Å². The van der Waals surface area contributed by atoms with Crippen molar-refractivity contribution >= 4 is 33.3 Å². The van der Waals surface area contributed by atoms with E-state index in [-0.39, 0.29) is 18.7 Å². The first-order valence-electron chi connectivity index (χ1n) is 10.0. The third kappa shape index (κ3) is 5.28. The minimum Gasteiger partial charge on any atom is -0.393 e. The van der Waals surface area contributed by atoms with Crippen LogP contribution in [0.15, 0.2) is 23.4 Å². The molecular formula is C20H24F4N4O2S. The van der Waals surface area contributed by atoms with Crippen LogP contribution in [0.4, 0.5) is 23.2 Å². The monoisotopic (exact) mass is 460 g/mol. The number of thiophene rings is 1. The maximum atomic E-state index is 14.0. The van der Waals surface area contributed by atoms with Crippen molar-refractivity contribution in [3.63, 3.8) is 0 Å². The maximum Gasteiger partial charge on any atom is 0.393 e. The Hall–Kier alpha value is -1.95. The van der Waals surface area contributed by atoms with Crippen LogP contribution < -0.4 is 16.0 Å². The first kappa shape index (κ1) is 22.3. The van der Waals surface area contributed by atoms with Crippen LogP contribution in [-0.2, 0) is 11.3 Å². The standard InChI is InChI=1S/C20H24F4N4O2S/c21-14-7-26-8-16(14)28-15-3-1-2-12-13(6-20(22,23)24)17(31-18(12)15)9-27-30-11-19(29)4-5-25-10-19/h1-3,9,14,16,25-26,28-29H,4-8,10-11H2/b27-9+/t14-,16+,19?/m0/s1. The molecule has 3 atom stereocenters. The lowest BCUT2D eigenvalue weighted by Crippen LogP contribution is -2.36. The summed E-state index contributed by atoms with van der Waals surface area (Å²) in [7, 11) is 0. The highest BCUT2D eigenvalue weighted by Gasteiger charge is 2.33. The van der Waals surface area contributed by atoms with E-state index >= 15 is 0 Å². The van der Waals surface area contributed by atoms with Crippen molar-refractivity contribution in [1.82, 2.24) is 10.6 Å². The van der Waals surface area contributed by atoms with Gasteiger partial charge in [0.25, 0.3) is 0 Å². The Bertz CT molecular complexity index is 943. The smallest absolute Gasteiger partial charge is 0.393 e. The van der Waals surface area contributed by atoms with Crippen LogP contribution >= 0.6 is 11.3 Å². The van der Waals surface area contributed by atoms with Gasteiger partial charge in [-0.1, -0.05) is 17.3 Å². The summed E-state index contributed by atoms with van der Waals surface area (Å²) in [6.45, 7) is 1.69. The number of β-amino-alcohol motifs (C(OH)–C–C–N with tert-alkyl or cyclic N) is 1. The minimum atomic E-state index is -4.40. The predicted molar refractivity (Wildman–Crippen MR) is 113 cm³/mol. The number of oxime groups is 1. The molecule has 0 spiro atoms. The van der Waals surface area contributed by atoms with Gasteiger partial charge in [-0.3, -0.25) is 0 Å². The topological polar surface area (TPSA) is 77.9 Å². The largest absolute Gasteiger partial charge is 0.393 e. The van der Waals surface area contributed by atoms with Crippen LogP contribution in [0.2, 0.25) is 0 Å². The Labute approximate surface area is 180 Å². The molecule has 0 amide bonds. The zero-order valence-corrected chi connectivity index (χ0v) is 17.5. The van der Waals surface area contributed by atoms with Crippen LogP contribution in [0.3, 0.4) is 0 Å². The molecule has 4 rings (SSSR count). The molecule has 0 radical (unpaired) electrons. The van der Waals surface area contributed by atoms with Crippen molar-refractivity contribution in [1.29, 1.82) is 0 Å². The fraction of sp³-hybridized carbons (Fsp3) is 0.550. The summed E-state index contributed by atoms with van der Waals surface area (Å²) in [4.78, 5) is 5.51. The van der Waals surface area contributed by atoms with Gasteiger partial charge in [0, 0.05) is 19.6 Å². The van der Waals surface area contributed by atoms with E-state index < -0.39 is 30.4 Å². The molecule has 1 aromatic heterocycles. The first-order chi connectivity index (χ1) is 14.7. The summed E-state index contributed by atoms with van der Waals surface area (Å²) in [6, 6.07) is 4.58.